The van der Waals surface area contributed by atoms with Crippen LogP contribution in [0.4, 0.5) is 0 Å². The molecule has 0 aromatic heterocycles. The van der Waals surface area contributed by atoms with Gasteiger partial charge in [0.1, 0.15) is 0 Å². The standard InChI is InChI=1S/C14H21NO2S/c1-18-10-6-5-9-15-11-13(14(16)17)12-7-3-2-4-8-12/h2-4,7-8,13,15H,5-6,9-11H2,1H3,(H,16,17). The lowest BCUT2D eigenvalue weighted by molar-refractivity contribution is -0.138. The van der Waals surface area contributed by atoms with Crippen molar-refractivity contribution in [3.8, 4) is 0 Å². The summed E-state index contributed by atoms with van der Waals surface area (Å²) >= 11 is 1.85. The van der Waals surface area contributed by atoms with Gasteiger partial charge in [0.15, 0.2) is 0 Å². The molecule has 100 valence electrons. The zero-order valence-corrected chi connectivity index (χ0v) is 11.6. The second kappa shape index (κ2) is 9.00. The molecule has 4 heteroatoms. The molecule has 0 aliphatic heterocycles. The normalized spacial score (nSPS) is 12.3. The van der Waals surface area contributed by atoms with E-state index in [1.807, 2.05) is 42.1 Å². The number of carboxylic acids is 1. The van der Waals surface area contributed by atoms with Crippen molar-refractivity contribution >= 4 is 17.7 Å². The van der Waals surface area contributed by atoms with Gasteiger partial charge in [0, 0.05) is 6.54 Å². The molecular weight excluding hydrogens is 246 g/mol. The molecule has 1 unspecified atom stereocenters. The van der Waals surface area contributed by atoms with Gasteiger partial charge >= 0.3 is 5.97 Å². The number of benzene rings is 1. The number of hydrogen-bond acceptors (Lipinski definition) is 3. The number of carboxylic acid groups (broad SMARTS) is 1. The molecule has 3 nitrogen and oxygen atoms in total. The van der Waals surface area contributed by atoms with Gasteiger partial charge in [0.05, 0.1) is 5.92 Å². The van der Waals surface area contributed by atoms with Gasteiger partial charge < -0.3 is 10.4 Å². The monoisotopic (exact) mass is 267 g/mol. The molecule has 1 rings (SSSR count). The molecule has 0 saturated carbocycles. The van der Waals surface area contributed by atoms with Crippen LogP contribution in [0.25, 0.3) is 0 Å². The molecule has 0 fully saturated rings. The molecule has 0 aliphatic rings. The minimum Gasteiger partial charge on any atom is -0.481 e. The van der Waals surface area contributed by atoms with Crippen molar-refractivity contribution in [2.24, 2.45) is 0 Å². The average molecular weight is 267 g/mol. The molecule has 0 aliphatic carbocycles. The Morgan fingerprint density at radius 2 is 2.06 bits per heavy atom. The van der Waals surface area contributed by atoms with Gasteiger partial charge in [-0.3, -0.25) is 4.79 Å². The summed E-state index contributed by atoms with van der Waals surface area (Å²) in [6, 6.07) is 9.40. The van der Waals surface area contributed by atoms with E-state index < -0.39 is 11.9 Å². The number of rotatable bonds is 9. The van der Waals surface area contributed by atoms with E-state index in [1.54, 1.807) is 0 Å². The third-order valence-corrected chi connectivity index (χ3v) is 3.50. The molecular formula is C14H21NO2S. The van der Waals surface area contributed by atoms with Gasteiger partial charge in [0.2, 0.25) is 0 Å². The van der Waals surface area contributed by atoms with Crippen LogP contribution in [-0.2, 0) is 4.79 Å². The van der Waals surface area contributed by atoms with Crippen molar-refractivity contribution in [1.82, 2.24) is 5.32 Å². The van der Waals surface area contributed by atoms with E-state index in [2.05, 4.69) is 11.6 Å². The summed E-state index contributed by atoms with van der Waals surface area (Å²) in [6.07, 6.45) is 4.38. The molecule has 0 spiro atoms. The Bertz CT molecular complexity index is 343. The zero-order chi connectivity index (χ0) is 13.2. The van der Waals surface area contributed by atoms with Gasteiger partial charge in [-0.2, -0.15) is 11.8 Å². The topological polar surface area (TPSA) is 49.3 Å². The van der Waals surface area contributed by atoms with Crippen LogP contribution < -0.4 is 5.32 Å². The first-order valence-electron chi connectivity index (χ1n) is 6.23. The predicted molar refractivity (Wildman–Crippen MR) is 77.3 cm³/mol. The van der Waals surface area contributed by atoms with Gasteiger partial charge in [-0.1, -0.05) is 30.3 Å². The van der Waals surface area contributed by atoms with Crippen molar-refractivity contribution in [3.63, 3.8) is 0 Å². The lowest BCUT2D eigenvalue weighted by atomic mass is 9.99. The first kappa shape index (κ1) is 15.1. The molecule has 1 atom stereocenters. The van der Waals surface area contributed by atoms with Crippen molar-refractivity contribution in [2.45, 2.75) is 18.8 Å². The molecule has 0 bridgehead atoms. The molecule has 0 amide bonds. The summed E-state index contributed by atoms with van der Waals surface area (Å²) in [6.45, 7) is 1.38. The fraction of sp³-hybridized carbons (Fsp3) is 0.500. The van der Waals surface area contributed by atoms with E-state index in [-0.39, 0.29) is 0 Å². The fourth-order valence-electron chi connectivity index (χ4n) is 1.78. The number of nitrogens with one attached hydrogen (secondary N) is 1. The Kier molecular flexibility index (Phi) is 7.53. The Morgan fingerprint density at radius 3 is 2.67 bits per heavy atom. The molecule has 0 heterocycles. The third-order valence-electron chi connectivity index (χ3n) is 2.80. The van der Waals surface area contributed by atoms with E-state index in [1.165, 1.54) is 12.2 Å². The highest BCUT2D eigenvalue weighted by Crippen LogP contribution is 2.14. The minimum absolute atomic E-state index is 0.452. The summed E-state index contributed by atoms with van der Waals surface area (Å²) < 4.78 is 0. The number of thioether (sulfide) groups is 1. The summed E-state index contributed by atoms with van der Waals surface area (Å²) in [7, 11) is 0. The summed E-state index contributed by atoms with van der Waals surface area (Å²) in [4.78, 5) is 11.2. The first-order chi connectivity index (χ1) is 8.75. The summed E-state index contributed by atoms with van der Waals surface area (Å²) in [5, 5.41) is 12.5. The highest BCUT2D eigenvalue weighted by atomic mass is 32.2. The van der Waals surface area contributed by atoms with Crippen LogP contribution in [0.1, 0.15) is 24.3 Å². The summed E-state index contributed by atoms with van der Waals surface area (Å²) in [5.74, 6) is -0.0486. The van der Waals surface area contributed by atoms with Crippen LogP contribution in [0, 0.1) is 0 Å². The van der Waals surface area contributed by atoms with Crippen LogP contribution in [0.2, 0.25) is 0 Å². The van der Waals surface area contributed by atoms with Crippen LogP contribution in [-0.4, -0.2) is 36.2 Å². The Hall–Kier alpha value is -1.00. The number of unbranched alkanes of at least 4 members (excludes halogenated alkanes) is 1. The zero-order valence-electron chi connectivity index (χ0n) is 10.8. The number of carbonyl (C=O) groups is 1. The minimum atomic E-state index is -0.766. The lowest BCUT2D eigenvalue weighted by Gasteiger charge is -2.13. The van der Waals surface area contributed by atoms with E-state index in [0.29, 0.717) is 6.54 Å². The largest absolute Gasteiger partial charge is 0.481 e. The second-order valence-electron chi connectivity index (χ2n) is 4.21. The van der Waals surface area contributed by atoms with Gasteiger partial charge in [-0.15, -0.1) is 0 Å². The van der Waals surface area contributed by atoms with E-state index >= 15 is 0 Å². The van der Waals surface area contributed by atoms with E-state index in [4.69, 9.17) is 0 Å². The molecule has 18 heavy (non-hydrogen) atoms. The van der Waals surface area contributed by atoms with E-state index in [0.717, 1.165) is 18.5 Å². The molecule has 2 N–H and O–H groups in total. The predicted octanol–water partition coefficient (Wildman–Crippen LogP) is 2.59. The maximum absolute atomic E-state index is 11.2. The second-order valence-corrected chi connectivity index (χ2v) is 5.19. The molecule has 0 saturated heterocycles. The third kappa shape index (κ3) is 5.56. The first-order valence-corrected chi connectivity index (χ1v) is 7.62. The molecule has 0 radical (unpaired) electrons. The van der Waals surface area contributed by atoms with Crippen molar-refractivity contribution < 1.29 is 9.90 Å². The van der Waals surface area contributed by atoms with Crippen LogP contribution in [0.5, 0.6) is 0 Å². The van der Waals surface area contributed by atoms with Crippen LogP contribution in [0.3, 0.4) is 0 Å². The highest BCUT2D eigenvalue weighted by molar-refractivity contribution is 7.98. The Labute approximate surface area is 113 Å². The van der Waals surface area contributed by atoms with E-state index in [9.17, 15) is 9.90 Å². The molecule has 1 aromatic rings. The van der Waals surface area contributed by atoms with Crippen molar-refractivity contribution in [3.05, 3.63) is 35.9 Å². The molecule has 1 aromatic carbocycles. The quantitative estimate of drug-likeness (QED) is 0.675. The van der Waals surface area contributed by atoms with Crippen LogP contribution >= 0.6 is 11.8 Å². The Balaban J connectivity index is 2.34. The van der Waals surface area contributed by atoms with Gasteiger partial charge in [-0.05, 0) is 37.0 Å². The van der Waals surface area contributed by atoms with Crippen molar-refractivity contribution in [2.75, 3.05) is 25.1 Å². The number of aliphatic carboxylic acids is 1. The fourth-order valence-corrected chi connectivity index (χ4v) is 2.27. The Morgan fingerprint density at radius 1 is 1.33 bits per heavy atom. The van der Waals surface area contributed by atoms with Gasteiger partial charge in [-0.25, -0.2) is 0 Å². The maximum atomic E-state index is 11.2. The summed E-state index contributed by atoms with van der Waals surface area (Å²) in [5.41, 5.74) is 0.863. The van der Waals surface area contributed by atoms with Gasteiger partial charge in [0.25, 0.3) is 0 Å². The average Bonchev–Trinajstić information content (AvgIpc) is 2.38. The SMILES string of the molecule is CSCCCCNCC(C(=O)O)c1ccccc1. The van der Waals surface area contributed by atoms with Crippen molar-refractivity contribution in [1.29, 1.82) is 0 Å². The number of hydrogen-bond donors (Lipinski definition) is 2. The lowest BCUT2D eigenvalue weighted by Crippen LogP contribution is -2.27. The highest BCUT2D eigenvalue weighted by Gasteiger charge is 2.18. The smallest absolute Gasteiger partial charge is 0.312 e. The maximum Gasteiger partial charge on any atom is 0.312 e. The van der Waals surface area contributed by atoms with Crippen LogP contribution in [0.15, 0.2) is 30.3 Å².